The van der Waals surface area contributed by atoms with Crippen molar-refractivity contribution in [2.75, 3.05) is 13.1 Å². The molecule has 1 aliphatic rings. The number of fused-ring (bicyclic) bond motifs is 1. The minimum Gasteiger partial charge on any atom is -0.349 e. The van der Waals surface area contributed by atoms with Gasteiger partial charge < -0.3 is 14.8 Å². The number of carbonyl (C=O) groups is 2. The summed E-state index contributed by atoms with van der Waals surface area (Å²) < 4.78 is 2.00. The molecule has 0 bridgehead atoms. The van der Waals surface area contributed by atoms with Gasteiger partial charge in [0.2, 0.25) is 11.8 Å². The van der Waals surface area contributed by atoms with E-state index in [2.05, 4.69) is 20.5 Å². The molecule has 8 nitrogen and oxygen atoms in total. The first-order valence-electron chi connectivity index (χ1n) is 10.7. The highest BCUT2D eigenvalue weighted by Gasteiger charge is 2.22. The molecule has 2 amide bonds. The first-order chi connectivity index (χ1) is 15.6. The minimum absolute atomic E-state index is 0.0436. The highest BCUT2D eigenvalue weighted by Crippen LogP contribution is 2.17. The molecule has 3 aromatic rings. The fraction of sp³-hybridized carbons (Fsp3) is 0.348. The number of hydrogen-bond acceptors (Lipinski definition) is 5. The van der Waals surface area contributed by atoms with Crippen molar-refractivity contribution in [2.24, 2.45) is 0 Å². The van der Waals surface area contributed by atoms with Gasteiger partial charge in [0.25, 0.3) is 0 Å². The normalized spacial score (nSPS) is 13.3. The van der Waals surface area contributed by atoms with E-state index in [0.29, 0.717) is 56.3 Å². The zero-order chi connectivity index (χ0) is 22.3. The smallest absolute Gasteiger partial charge is 0.227 e. The van der Waals surface area contributed by atoms with Crippen molar-refractivity contribution >= 4 is 23.4 Å². The van der Waals surface area contributed by atoms with Gasteiger partial charge >= 0.3 is 0 Å². The Kier molecular flexibility index (Phi) is 7.11. The van der Waals surface area contributed by atoms with E-state index in [1.54, 1.807) is 18.5 Å². The molecular formula is C23H25ClN6O2. The van der Waals surface area contributed by atoms with E-state index in [-0.39, 0.29) is 18.2 Å². The molecule has 0 spiro atoms. The van der Waals surface area contributed by atoms with Crippen LogP contribution in [0.2, 0.25) is 5.02 Å². The maximum Gasteiger partial charge on any atom is 0.227 e. The van der Waals surface area contributed by atoms with Crippen LogP contribution in [-0.4, -0.2) is 49.6 Å². The Labute approximate surface area is 191 Å². The van der Waals surface area contributed by atoms with Gasteiger partial charge in [-0.15, -0.1) is 10.2 Å². The van der Waals surface area contributed by atoms with E-state index in [0.717, 1.165) is 17.0 Å². The zero-order valence-corrected chi connectivity index (χ0v) is 18.5. The van der Waals surface area contributed by atoms with E-state index >= 15 is 0 Å². The summed E-state index contributed by atoms with van der Waals surface area (Å²) in [5.41, 5.74) is 1.86. The average molecular weight is 453 g/mol. The first-order valence-corrected chi connectivity index (χ1v) is 11.1. The van der Waals surface area contributed by atoms with E-state index in [1.807, 2.05) is 39.8 Å². The molecular weight excluding hydrogens is 428 g/mol. The van der Waals surface area contributed by atoms with Crippen LogP contribution in [-0.2, 0) is 41.9 Å². The van der Waals surface area contributed by atoms with Crippen molar-refractivity contribution in [3.63, 3.8) is 0 Å². The molecule has 2 aromatic heterocycles. The number of benzene rings is 1. The number of rotatable bonds is 7. The number of hydrogen-bond donors (Lipinski definition) is 1. The number of halogens is 1. The Balaban J connectivity index is 1.29. The number of amides is 2. The molecule has 1 N–H and O–H groups in total. The second-order valence-electron chi connectivity index (χ2n) is 7.72. The van der Waals surface area contributed by atoms with E-state index in [9.17, 15) is 9.59 Å². The van der Waals surface area contributed by atoms with Crippen molar-refractivity contribution in [2.45, 2.75) is 38.8 Å². The molecule has 4 rings (SSSR count). The monoisotopic (exact) mass is 452 g/mol. The van der Waals surface area contributed by atoms with Crippen molar-refractivity contribution < 1.29 is 9.59 Å². The lowest BCUT2D eigenvalue weighted by molar-refractivity contribution is -0.130. The molecule has 0 saturated heterocycles. The van der Waals surface area contributed by atoms with Crippen LogP contribution in [0.15, 0.2) is 48.8 Å². The van der Waals surface area contributed by atoms with Gasteiger partial charge in [-0.05, 0) is 29.7 Å². The third kappa shape index (κ3) is 5.50. The molecule has 166 valence electrons. The highest BCUT2D eigenvalue weighted by molar-refractivity contribution is 6.31. The molecule has 0 saturated carbocycles. The summed E-state index contributed by atoms with van der Waals surface area (Å²) in [6.45, 7) is 2.05. The van der Waals surface area contributed by atoms with Crippen LogP contribution in [0.1, 0.15) is 29.2 Å². The Hall–Kier alpha value is -3.26. The largest absolute Gasteiger partial charge is 0.349 e. The number of nitrogens with zero attached hydrogens (tertiary/aromatic N) is 5. The van der Waals surface area contributed by atoms with Gasteiger partial charge in [0, 0.05) is 49.9 Å². The molecule has 32 heavy (non-hydrogen) atoms. The van der Waals surface area contributed by atoms with Crippen LogP contribution in [0.4, 0.5) is 0 Å². The number of pyridine rings is 1. The van der Waals surface area contributed by atoms with Crippen LogP contribution >= 0.6 is 11.6 Å². The van der Waals surface area contributed by atoms with E-state index in [1.165, 1.54) is 0 Å². The lowest BCUT2D eigenvalue weighted by atomic mass is 10.1. The summed E-state index contributed by atoms with van der Waals surface area (Å²) in [5.74, 6) is 1.53. The van der Waals surface area contributed by atoms with Gasteiger partial charge in [0.1, 0.15) is 5.82 Å². The van der Waals surface area contributed by atoms with Crippen LogP contribution in [0.3, 0.4) is 0 Å². The molecule has 0 aliphatic carbocycles. The van der Waals surface area contributed by atoms with Gasteiger partial charge in [-0.1, -0.05) is 35.9 Å². The standard InChI is InChI=1S/C23H25ClN6O2/c24-19-6-2-1-5-18(19)14-23(32)29-11-9-20-27-28-21(30(20)13-12-29)16-26-22(31)8-7-17-4-3-10-25-15-17/h1-6,10,15H,7-9,11-14,16H2,(H,26,31). The Morgan fingerprint density at radius 3 is 2.75 bits per heavy atom. The summed E-state index contributed by atoms with van der Waals surface area (Å²) >= 11 is 6.20. The lowest BCUT2D eigenvalue weighted by Crippen LogP contribution is -2.35. The van der Waals surface area contributed by atoms with E-state index in [4.69, 9.17) is 11.6 Å². The van der Waals surface area contributed by atoms with Crippen molar-refractivity contribution in [3.05, 3.63) is 76.6 Å². The first kappa shape index (κ1) is 22.0. The second kappa shape index (κ2) is 10.4. The third-order valence-electron chi connectivity index (χ3n) is 5.56. The van der Waals surface area contributed by atoms with Crippen LogP contribution < -0.4 is 5.32 Å². The van der Waals surface area contributed by atoms with Crippen molar-refractivity contribution in [3.8, 4) is 0 Å². The number of aryl methyl sites for hydroxylation is 1. The summed E-state index contributed by atoms with van der Waals surface area (Å²) in [5, 5.41) is 12.0. The van der Waals surface area contributed by atoms with Gasteiger partial charge in [0.05, 0.1) is 13.0 Å². The molecule has 1 aromatic carbocycles. The SMILES string of the molecule is O=C(CCc1cccnc1)NCc1nnc2n1CCN(C(=O)Cc1ccccc1Cl)CC2. The maximum absolute atomic E-state index is 12.8. The molecule has 1 aliphatic heterocycles. The van der Waals surface area contributed by atoms with Crippen LogP contribution in [0.25, 0.3) is 0 Å². The molecule has 0 fully saturated rings. The predicted molar refractivity (Wildman–Crippen MR) is 120 cm³/mol. The second-order valence-corrected chi connectivity index (χ2v) is 8.13. The Morgan fingerprint density at radius 1 is 1.06 bits per heavy atom. The molecule has 3 heterocycles. The van der Waals surface area contributed by atoms with Gasteiger partial charge in [-0.2, -0.15) is 0 Å². The lowest BCUT2D eigenvalue weighted by Gasteiger charge is -2.20. The minimum atomic E-state index is -0.0450. The molecule has 0 radical (unpaired) electrons. The van der Waals surface area contributed by atoms with Gasteiger partial charge in [-0.3, -0.25) is 14.6 Å². The van der Waals surface area contributed by atoms with Gasteiger partial charge in [0.15, 0.2) is 5.82 Å². The Morgan fingerprint density at radius 2 is 1.94 bits per heavy atom. The van der Waals surface area contributed by atoms with Crippen LogP contribution in [0.5, 0.6) is 0 Å². The fourth-order valence-corrected chi connectivity index (χ4v) is 3.95. The molecule has 9 heteroatoms. The quantitative estimate of drug-likeness (QED) is 0.593. The number of nitrogens with one attached hydrogen (secondary N) is 1. The molecule has 0 unspecified atom stereocenters. The maximum atomic E-state index is 12.8. The van der Waals surface area contributed by atoms with Crippen LogP contribution in [0, 0.1) is 0 Å². The average Bonchev–Trinajstić information content (AvgIpc) is 3.07. The third-order valence-corrected chi connectivity index (χ3v) is 5.93. The molecule has 0 atom stereocenters. The fourth-order valence-electron chi connectivity index (χ4n) is 3.75. The van der Waals surface area contributed by atoms with Crippen molar-refractivity contribution in [1.82, 2.24) is 30.0 Å². The van der Waals surface area contributed by atoms with Gasteiger partial charge in [-0.25, -0.2) is 0 Å². The highest BCUT2D eigenvalue weighted by atomic mass is 35.5. The Bertz CT molecular complexity index is 1090. The van der Waals surface area contributed by atoms with E-state index < -0.39 is 0 Å². The summed E-state index contributed by atoms with van der Waals surface area (Å²) in [6, 6.07) is 11.2. The summed E-state index contributed by atoms with van der Waals surface area (Å²) in [4.78, 5) is 30.9. The predicted octanol–water partition coefficient (Wildman–Crippen LogP) is 2.20. The zero-order valence-electron chi connectivity index (χ0n) is 17.7. The number of carbonyl (C=O) groups excluding carboxylic acids is 2. The summed E-state index contributed by atoms with van der Waals surface area (Å²) in [6.07, 6.45) is 5.41. The topological polar surface area (TPSA) is 93.0 Å². The number of aromatic nitrogens is 4. The summed E-state index contributed by atoms with van der Waals surface area (Å²) in [7, 11) is 0. The van der Waals surface area contributed by atoms with Crippen molar-refractivity contribution in [1.29, 1.82) is 0 Å².